The van der Waals surface area contributed by atoms with Crippen molar-refractivity contribution in [1.82, 2.24) is 14.7 Å². The van der Waals surface area contributed by atoms with Crippen LogP contribution in [0, 0.1) is 0 Å². The maximum absolute atomic E-state index is 12.4. The number of carbonyl (C=O) groups excluding carboxylic acids is 1. The average molecular weight is 464 g/mol. The lowest BCUT2D eigenvalue weighted by Gasteiger charge is -2.14. The Hall–Kier alpha value is -2.06. The SMILES string of the molecule is O=C(COc1nn(-c2ccccc2)c(-c2ccc(Cl)cc2)c1Cl)N1CCSC1=S. The third kappa shape index (κ3) is 4.28. The van der Waals surface area contributed by atoms with Crippen LogP contribution in [-0.4, -0.2) is 43.8 Å². The Morgan fingerprint density at radius 1 is 1.14 bits per heavy atom. The van der Waals surface area contributed by atoms with Gasteiger partial charge in [0.1, 0.15) is 9.34 Å². The Bertz CT molecular complexity index is 1060. The van der Waals surface area contributed by atoms with Gasteiger partial charge in [-0.3, -0.25) is 9.69 Å². The molecule has 1 aliphatic heterocycles. The molecule has 9 heteroatoms. The normalized spacial score (nSPS) is 13.7. The van der Waals surface area contributed by atoms with Gasteiger partial charge in [0.05, 0.1) is 11.4 Å². The van der Waals surface area contributed by atoms with Crippen LogP contribution in [0.15, 0.2) is 54.6 Å². The third-order valence-corrected chi connectivity index (χ3v) is 6.33. The number of hydrogen-bond acceptors (Lipinski definition) is 5. The zero-order valence-corrected chi connectivity index (χ0v) is 18.2. The summed E-state index contributed by atoms with van der Waals surface area (Å²) in [6.07, 6.45) is 0. The van der Waals surface area contributed by atoms with Gasteiger partial charge in [0.15, 0.2) is 6.61 Å². The first-order chi connectivity index (χ1) is 14.0. The lowest BCUT2D eigenvalue weighted by Crippen LogP contribution is -2.34. The minimum atomic E-state index is -0.210. The van der Waals surface area contributed by atoms with Crippen molar-refractivity contribution in [2.24, 2.45) is 0 Å². The number of ether oxygens (including phenoxy) is 1. The Labute approximate surface area is 187 Å². The molecule has 1 saturated heterocycles. The van der Waals surface area contributed by atoms with Crippen LogP contribution in [0.5, 0.6) is 5.88 Å². The summed E-state index contributed by atoms with van der Waals surface area (Å²) >= 11 is 19.3. The van der Waals surface area contributed by atoms with Crippen LogP contribution < -0.4 is 4.74 Å². The van der Waals surface area contributed by atoms with Crippen molar-refractivity contribution >= 4 is 57.4 Å². The number of thioether (sulfide) groups is 1. The van der Waals surface area contributed by atoms with Gasteiger partial charge >= 0.3 is 0 Å². The number of benzene rings is 2. The van der Waals surface area contributed by atoms with Crippen LogP contribution in [0.4, 0.5) is 0 Å². The highest BCUT2D eigenvalue weighted by atomic mass is 35.5. The molecule has 0 atom stereocenters. The van der Waals surface area contributed by atoms with E-state index in [0.29, 0.717) is 26.6 Å². The van der Waals surface area contributed by atoms with Crippen molar-refractivity contribution in [1.29, 1.82) is 0 Å². The van der Waals surface area contributed by atoms with E-state index >= 15 is 0 Å². The second-order valence-electron chi connectivity index (χ2n) is 6.17. The Morgan fingerprint density at radius 2 is 1.86 bits per heavy atom. The second kappa shape index (κ2) is 8.75. The third-order valence-electron chi connectivity index (χ3n) is 4.31. The summed E-state index contributed by atoms with van der Waals surface area (Å²) in [5, 5.41) is 5.46. The van der Waals surface area contributed by atoms with E-state index < -0.39 is 0 Å². The largest absolute Gasteiger partial charge is 0.465 e. The molecule has 1 fully saturated rings. The molecule has 29 heavy (non-hydrogen) atoms. The summed E-state index contributed by atoms with van der Waals surface area (Å²) in [5.41, 5.74) is 2.30. The van der Waals surface area contributed by atoms with E-state index in [1.807, 2.05) is 42.5 Å². The number of halogens is 2. The van der Waals surface area contributed by atoms with E-state index in [1.165, 1.54) is 11.8 Å². The fraction of sp³-hybridized carbons (Fsp3) is 0.150. The van der Waals surface area contributed by atoms with Crippen LogP contribution in [0.1, 0.15) is 0 Å². The quantitative estimate of drug-likeness (QED) is 0.493. The summed E-state index contributed by atoms with van der Waals surface area (Å²) in [5.74, 6) is 0.777. The number of carbonyl (C=O) groups is 1. The highest BCUT2D eigenvalue weighted by Gasteiger charge is 2.26. The number of aromatic nitrogens is 2. The zero-order chi connectivity index (χ0) is 20.4. The first kappa shape index (κ1) is 20.2. The highest BCUT2D eigenvalue weighted by molar-refractivity contribution is 8.23. The molecule has 0 radical (unpaired) electrons. The topological polar surface area (TPSA) is 47.4 Å². The molecule has 2 aromatic carbocycles. The van der Waals surface area contributed by atoms with E-state index in [9.17, 15) is 4.79 Å². The summed E-state index contributed by atoms with van der Waals surface area (Å²) in [6, 6.07) is 16.9. The summed E-state index contributed by atoms with van der Waals surface area (Å²) in [6.45, 7) is 0.403. The molecule has 4 rings (SSSR count). The maximum atomic E-state index is 12.4. The highest BCUT2D eigenvalue weighted by Crippen LogP contribution is 2.37. The van der Waals surface area contributed by atoms with E-state index in [0.717, 1.165) is 17.0 Å². The van der Waals surface area contributed by atoms with Crippen LogP contribution in [0.3, 0.4) is 0 Å². The van der Waals surface area contributed by atoms with Gasteiger partial charge in [-0.2, -0.15) is 0 Å². The van der Waals surface area contributed by atoms with E-state index in [2.05, 4.69) is 5.10 Å². The lowest BCUT2D eigenvalue weighted by atomic mass is 10.1. The Balaban J connectivity index is 1.67. The standard InChI is InChI=1S/C20H15Cl2N3O2S2/c21-14-8-6-13(7-9-14)18-17(22)19(23-25(18)15-4-2-1-3-5-15)27-12-16(26)24-10-11-29-20(24)28/h1-9H,10-12H2. The first-order valence-corrected chi connectivity index (χ1v) is 10.9. The van der Waals surface area contributed by atoms with E-state index in [1.54, 1.807) is 21.7 Å². The maximum Gasteiger partial charge on any atom is 0.266 e. The van der Waals surface area contributed by atoms with Gasteiger partial charge in [0.2, 0.25) is 0 Å². The fourth-order valence-electron chi connectivity index (χ4n) is 2.91. The number of para-hydroxylation sites is 1. The number of amides is 1. The first-order valence-electron chi connectivity index (χ1n) is 8.74. The smallest absolute Gasteiger partial charge is 0.266 e. The molecular formula is C20H15Cl2N3O2S2. The number of nitrogens with zero attached hydrogens (tertiary/aromatic N) is 3. The molecule has 0 saturated carbocycles. The molecule has 0 N–H and O–H groups in total. The van der Waals surface area contributed by atoms with E-state index in [-0.39, 0.29) is 18.4 Å². The molecule has 0 bridgehead atoms. The minimum absolute atomic E-state index is 0.187. The molecule has 148 valence electrons. The molecule has 1 aromatic heterocycles. The molecule has 1 aliphatic rings. The van der Waals surface area contributed by atoms with Gasteiger partial charge in [-0.05, 0) is 24.3 Å². The summed E-state index contributed by atoms with van der Waals surface area (Å²) < 4.78 is 7.96. The molecule has 0 spiro atoms. The molecule has 0 unspecified atom stereocenters. The zero-order valence-electron chi connectivity index (χ0n) is 15.0. The van der Waals surface area contributed by atoms with Crippen molar-refractivity contribution < 1.29 is 9.53 Å². The summed E-state index contributed by atoms with van der Waals surface area (Å²) in [7, 11) is 0. The van der Waals surface area contributed by atoms with Gasteiger partial charge in [0, 0.05) is 22.9 Å². The van der Waals surface area contributed by atoms with Crippen LogP contribution in [0.2, 0.25) is 10.0 Å². The van der Waals surface area contributed by atoms with Crippen molar-refractivity contribution in [2.45, 2.75) is 0 Å². The molecular weight excluding hydrogens is 449 g/mol. The lowest BCUT2D eigenvalue weighted by molar-refractivity contribution is -0.129. The molecule has 5 nitrogen and oxygen atoms in total. The molecule has 3 aromatic rings. The predicted molar refractivity (Wildman–Crippen MR) is 121 cm³/mol. The fourth-order valence-corrected chi connectivity index (χ4v) is 4.56. The molecule has 1 amide bonds. The summed E-state index contributed by atoms with van der Waals surface area (Å²) in [4.78, 5) is 14.0. The number of thiocarbonyl (C=S) groups is 1. The van der Waals surface area contributed by atoms with Crippen molar-refractivity contribution in [3.8, 4) is 22.8 Å². The van der Waals surface area contributed by atoms with Gasteiger partial charge in [-0.15, -0.1) is 5.10 Å². The Kier molecular flexibility index (Phi) is 6.10. The van der Waals surface area contributed by atoms with Crippen LogP contribution in [-0.2, 0) is 4.79 Å². The molecule has 2 heterocycles. The number of rotatable bonds is 5. The minimum Gasteiger partial charge on any atom is -0.465 e. The predicted octanol–water partition coefficient (Wildman–Crippen LogP) is 5.09. The van der Waals surface area contributed by atoms with Gasteiger partial charge in [0.25, 0.3) is 11.8 Å². The average Bonchev–Trinajstić information content (AvgIpc) is 3.31. The van der Waals surface area contributed by atoms with Crippen molar-refractivity contribution in [2.75, 3.05) is 18.9 Å². The van der Waals surface area contributed by atoms with Gasteiger partial charge < -0.3 is 4.74 Å². The molecule has 0 aliphatic carbocycles. The Morgan fingerprint density at radius 3 is 2.52 bits per heavy atom. The monoisotopic (exact) mass is 463 g/mol. The van der Waals surface area contributed by atoms with Crippen molar-refractivity contribution in [3.63, 3.8) is 0 Å². The van der Waals surface area contributed by atoms with Crippen LogP contribution >= 0.6 is 47.2 Å². The van der Waals surface area contributed by atoms with Crippen molar-refractivity contribution in [3.05, 3.63) is 64.6 Å². The van der Waals surface area contributed by atoms with Gasteiger partial charge in [-0.1, -0.05) is 77.5 Å². The van der Waals surface area contributed by atoms with E-state index in [4.69, 9.17) is 40.2 Å². The second-order valence-corrected chi connectivity index (χ2v) is 8.71. The van der Waals surface area contributed by atoms with Crippen LogP contribution in [0.25, 0.3) is 16.9 Å². The van der Waals surface area contributed by atoms with Gasteiger partial charge in [-0.25, -0.2) is 4.68 Å². The number of hydrogen-bond donors (Lipinski definition) is 0.